The molecule has 1 aliphatic carbocycles. The molecule has 3 nitrogen and oxygen atoms in total. The molecule has 0 saturated heterocycles. The molecule has 0 atom stereocenters. The van der Waals surface area contributed by atoms with Crippen LogP contribution in [0.5, 0.6) is 0 Å². The molecule has 1 rings (SSSR count). The van der Waals surface area contributed by atoms with Crippen molar-refractivity contribution >= 4 is 0 Å². The summed E-state index contributed by atoms with van der Waals surface area (Å²) in [6.07, 6.45) is 8.11. The second kappa shape index (κ2) is 3.70. The number of allylic oxidation sites excluding steroid dienone is 1. The molecule has 1 aliphatic rings. The van der Waals surface area contributed by atoms with E-state index >= 15 is 0 Å². The lowest BCUT2D eigenvalue weighted by Crippen LogP contribution is -2.38. The van der Waals surface area contributed by atoms with Crippen LogP contribution >= 0.6 is 0 Å². The monoisotopic (exact) mass is 169 g/mol. The normalized spacial score (nSPS) is 22.8. The third-order valence-corrected chi connectivity index (χ3v) is 2.56. The summed E-state index contributed by atoms with van der Waals surface area (Å²) < 4.78 is 0. The summed E-state index contributed by atoms with van der Waals surface area (Å²) in [5, 5.41) is 10.8. The molecule has 0 N–H and O–H groups in total. The van der Waals surface area contributed by atoms with Gasteiger partial charge in [0.1, 0.15) is 0 Å². The van der Waals surface area contributed by atoms with Crippen LogP contribution in [0, 0.1) is 10.1 Å². The van der Waals surface area contributed by atoms with Gasteiger partial charge in [0.15, 0.2) is 0 Å². The fourth-order valence-corrected chi connectivity index (χ4v) is 1.88. The van der Waals surface area contributed by atoms with Gasteiger partial charge in [0.25, 0.3) is 0 Å². The van der Waals surface area contributed by atoms with Crippen LogP contribution in [-0.4, -0.2) is 10.5 Å². The maximum atomic E-state index is 10.8. The van der Waals surface area contributed by atoms with Crippen molar-refractivity contribution in [2.45, 2.75) is 44.6 Å². The number of nitro groups is 1. The van der Waals surface area contributed by atoms with E-state index in [-0.39, 0.29) is 4.92 Å². The third kappa shape index (κ3) is 1.65. The SMILES string of the molecule is CC=CC1([N+](=O)[O-])CCCCC1. The second-order valence-electron chi connectivity index (χ2n) is 3.42. The Morgan fingerprint density at radius 2 is 1.92 bits per heavy atom. The van der Waals surface area contributed by atoms with E-state index in [4.69, 9.17) is 0 Å². The van der Waals surface area contributed by atoms with E-state index in [0.29, 0.717) is 12.8 Å². The number of rotatable bonds is 2. The van der Waals surface area contributed by atoms with Gasteiger partial charge in [-0.05, 0) is 25.8 Å². The van der Waals surface area contributed by atoms with Crippen LogP contribution in [0.15, 0.2) is 12.2 Å². The molecule has 1 fully saturated rings. The minimum absolute atomic E-state index is 0.119. The Morgan fingerprint density at radius 3 is 2.33 bits per heavy atom. The minimum Gasteiger partial charge on any atom is -0.264 e. The van der Waals surface area contributed by atoms with Gasteiger partial charge in [-0.25, -0.2) is 0 Å². The van der Waals surface area contributed by atoms with Crippen molar-refractivity contribution in [3.8, 4) is 0 Å². The Bertz CT molecular complexity index is 193. The average molecular weight is 169 g/mol. The van der Waals surface area contributed by atoms with Gasteiger partial charge in [-0.3, -0.25) is 10.1 Å². The van der Waals surface area contributed by atoms with E-state index in [9.17, 15) is 10.1 Å². The van der Waals surface area contributed by atoms with E-state index in [0.717, 1.165) is 19.3 Å². The maximum Gasteiger partial charge on any atom is 0.240 e. The predicted octanol–water partition coefficient (Wildman–Crippen LogP) is 2.54. The second-order valence-corrected chi connectivity index (χ2v) is 3.42. The van der Waals surface area contributed by atoms with Crippen LogP contribution < -0.4 is 0 Å². The molecule has 12 heavy (non-hydrogen) atoms. The molecular weight excluding hydrogens is 154 g/mol. The Hall–Kier alpha value is -0.860. The molecule has 0 radical (unpaired) electrons. The minimum atomic E-state index is -0.729. The first-order valence-corrected chi connectivity index (χ1v) is 4.50. The number of hydrogen-bond acceptors (Lipinski definition) is 2. The Labute approximate surface area is 72.6 Å². The highest BCUT2D eigenvalue weighted by Gasteiger charge is 2.40. The predicted molar refractivity (Wildman–Crippen MR) is 47.6 cm³/mol. The third-order valence-electron chi connectivity index (χ3n) is 2.56. The highest BCUT2D eigenvalue weighted by molar-refractivity contribution is 5.01. The van der Waals surface area contributed by atoms with Gasteiger partial charge < -0.3 is 0 Å². The molecule has 3 heteroatoms. The smallest absolute Gasteiger partial charge is 0.240 e. The highest BCUT2D eigenvalue weighted by atomic mass is 16.6. The first-order valence-electron chi connectivity index (χ1n) is 4.50. The lowest BCUT2D eigenvalue weighted by molar-refractivity contribution is -0.559. The van der Waals surface area contributed by atoms with Crippen molar-refractivity contribution in [3.63, 3.8) is 0 Å². The summed E-state index contributed by atoms with van der Waals surface area (Å²) in [7, 11) is 0. The summed E-state index contributed by atoms with van der Waals surface area (Å²) in [4.78, 5) is 10.7. The maximum absolute atomic E-state index is 10.8. The molecule has 68 valence electrons. The molecule has 0 aliphatic heterocycles. The van der Waals surface area contributed by atoms with Crippen molar-refractivity contribution in [3.05, 3.63) is 22.3 Å². The zero-order chi connectivity index (χ0) is 9.03. The lowest BCUT2D eigenvalue weighted by Gasteiger charge is -2.25. The van der Waals surface area contributed by atoms with E-state index < -0.39 is 5.54 Å². The van der Waals surface area contributed by atoms with Crippen molar-refractivity contribution in [2.24, 2.45) is 0 Å². The summed E-state index contributed by atoms with van der Waals surface area (Å²) >= 11 is 0. The van der Waals surface area contributed by atoms with Crippen LogP contribution in [-0.2, 0) is 0 Å². The topological polar surface area (TPSA) is 43.1 Å². The van der Waals surface area contributed by atoms with Crippen molar-refractivity contribution in [1.29, 1.82) is 0 Å². The summed E-state index contributed by atoms with van der Waals surface area (Å²) in [6.45, 7) is 1.85. The van der Waals surface area contributed by atoms with Gasteiger partial charge in [-0.15, -0.1) is 0 Å². The van der Waals surface area contributed by atoms with Crippen LogP contribution in [0.3, 0.4) is 0 Å². The highest BCUT2D eigenvalue weighted by Crippen LogP contribution is 2.31. The zero-order valence-electron chi connectivity index (χ0n) is 7.45. The van der Waals surface area contributed by atoms with E-state index in [1.807, 2.05) is 6.92 Å². The van der Waals surface area contributed by atoms with E-state index in [2.05, 4.69) is 0 Å². The van der Waals surface area contributed by atoms with Gasteiger partial charge in [0.05, 0.1) is 0 Å². The lowest BCUT2D eigenvalue weighted by atomic mass is 9.82. The molecule has 0 bridgehead atoms. The molecule has 0 aromatic carbocycles. The number of hydrogen-bond donors (Lipinski definition) is 0. The van der Waals surface area contributed by atoms with Gasteiger partial charge in [0, 0.05) is 17.8 Å². The molecule has 0 spiro atoms. The summed E-state index contributed by atoms with van der Waals surface area (Å²) in [5.41, 5.74) is -0.729. The first-order chi connectivity index (χ1) is 5.71. The molecule has 0 aromatic rings. The zero-order valence-corrected chi connectivity index (χ0v) is 7.45. The van der Waals surface area contributed by atoms with Gasteiger partial charge in [0.2, 0.25) is 5.54 Å². The fraction of sp³-hybridized carbons (Fsp3) is 0.778. The standard InChI is InChI=1S/C9H15NO2/c1-2-6-9(10(11)12)7-4-3-5-8-9/h2,6H,3-5,7-8H2,1H3. The quantitative estimate of drug-likeness (QED) is 0.362. The van der Waals surface area contributed by atoms with Gasteiger partial charge in [-0.1, -0.05) is 12.5 Å². The van der Waals surface area contributed by atoms with Crippen molar-refractivity contribution in [2.75, 3.05) is 0 Å². The Balaban J connectivity index is 2.76. The largest absolute Gasteiger partial charge is 0.264 e. The van der Waals surface area contributed by atoms with Crippen LogP contribution in [0.1, 0.15) is 39.0 Å². The van der Waals surface area contributed by atoms with Crippen LogP contribution in [0.25, 0.3) is 0 Å². The molecule has 1 saturated carbocycles. The van der Waals surface area contributed by atoms with Crippen molar-refractivity contribution < 1.29 is 4.92 Å². The van der Waals surface area contributed by atoms with E-state index in [1.165, 1.54) is 0 Å². The van der Waals surface area contributed by atoms with Gasteiger partial charge >= 0.3 is 0 Å². The average Bonchev–Trinajstić information content (AvgIpc) is 2.06. The first kappa shape index (κ1) is 9.23. The number of nitrogens with zero attached hydrogens (tertiary/aromatic N) is 1. The Morgan fingerprint density at radius 1 is 1.33 bits per heavy atom. The molecule has 0 aromatic heterocycles. The van der Waals surface area contributed by atoms with E-state index in [1.54, 1.807) is 12.2 Å². The fourth-order valence-electron chi connectivity index (χ4n) is 1.88. The van der Waals surface area contributed by atoms with Crippen molar-refractivity contribution in [1.82, 2.24) is 0 Å². The Kier molecular flexibility index (Phi) is 2.84. The van der Waals surface area contributed by atoms with Crippen LogP contribution in [0.4, 0.5) is 0 Å². The van der Waals surface area contributed by atoms with Gasteiger partial charge in [-0.2, -0.15) is 0 Å². The molecule has 0 unspecified atom stereocenters. The molecule has 0 heterocycles. The molecule has 0 amide bonds. The summed E-state index contributed by atoms with van der Waals surface area (Å²) in [5.74, 6) is 0. The van der Waals surface area contributed by atoms with Crippen LogP contribution in [0.2, 0.25) is 0 Å². The molecular formula is C9H15NO2. The summed E-state index contributed by atoms with van der Waals surface area (Å²) in [6, 6.07) is 0.